The molecular formula is C21H26O. The molecule has 0 amide bonds. The molecule has 2 unspecified atom stereocenters. The maximum absolute atomic E-state index is 12.8. The van der Waals surface area contributed by atoms with Crippen molar-refractivity contribution >= 4 is 5.78 Å². The summed E-state index contributed by atoms with van der Waals surface area (Å²) < 4.78 is 0. The molecule has 1 nitrogen and oxygen atoms in total. The molecule has 0 N–H and O–H groups in total. The number of carbonyl (C=O) groups excluding carboxylic acids is 1. The van der Waals surface area contributed by atoms with Crippen LogP contribution in [0.4, 0.5) is 0 Å². The first-order chi connectivity index (χ1) is 10.3. The van der Waals surface area contributed by atoms with E-state index in [0.29, 0.717) is 0 Å². The highest BCUT2D eigenvalue weighted by molar-refractivity contribution is 5.91. The quantitative estimate of drug-likeness (QED) is 0.738. The van der Waals surface area contributed by atoms with Crippen molar-refractivity contribution < 1.29 is 4.79 Å². The van der Waals surface area contributed by atoms with Crippen LogP contribution in [0.25, 0.3) is 0 Å². The van der Waals surface area contributed by atoms with Crippen LogP contribution in [0, 0.1) is 27.7 Å². The van der Waals surface area contributed by atoms with Gasteiger partial charge in [0.1, 0.15) is 5.78 Å². The second kappa shape index (κ2) is 6.48. The molecule has 0 fully saturated rings. The minimum Gasteiger partial charge on any atom is -0.298 e. The molecule has 2 aromatic rings. The van der Waals surface area contributed by atoms with E-state index in [1.54, 1.807) is 0 Å². The highest BCUT2D eigenvalue weighted by atomic mass is 16.1. The van der Waals surface area contributed by atoms with Gasteiger partial charge >= 0.3 is 0 Å². The van der Waals surface area contributed by atoms with Crippen molar-refractivity contribution in [1.29, 1.82) is 0 Å². The molecule has 1 heteroatoms. The first kappa shape index (κ1) is 16.5. The second-order valence-electron chi connectivity index (χ2n) is 6.53. The molecule has 2 rings (SSSR count). The fourth-order valence-corrected chi connectivity index (χ4v) is 2.77. The summed E-state index contributed by atoms with van der Waals surface area (Å²) in [6, 6.07) is 12.7. The zero-order chi connectivity index (χ0) is 16.4. The number of hydrogen-bond donors (Lipinski definition) is 0. The zero-order valence-corrected chi connectivity index (χ0v) is 14.5. The van der Waals surface area contributed by atoms with Gasteiger partial charge in [0.15, 0.2) is 0 Å². The average molecular weight is 294 g/mol. The van der Waals surface area contributed by atoms with Gasteiger partial charge in [-0.1, -0.05) is 50.2 Å². The summed E-state index contributed by atoms with van der Waals surface area (Å²) >= 11 is 0. The highest BCUT2D eigenvalue weighted by Crippen LogP contribution is 2.28. The third-order valence-electron chi connectivity index (χ3n) is 4.92. The topological polar surface area (TPSA) is 17.1 Å². The van der Waals surface area contributed by atoms with E-state index in [1.807, 2.05) is 13.8 Å². The van der Waals surface area contributed by atoms with Gasteiger partial charge in [-0.3, -0.25) is 4.79 Å². The van der Waals surface area contributed by atoms with Gasteiger partial charge in [-0.25, -0.2) is 0 Å². The molecule has 0 radical (unpaired) electrons. The molecule has 0 aliphatic carbocycles. The monoisotopic (exact) mass is 294 g/mol. The van der Waals surface area contributed by atoms with Gasteiger partial charge in [-0.15, -0.1) is 0 Å². The number of aryl methyl sites for hydroxylation is 4. The Morgan fingerprint density at radius 1 is 0.682 bits per heavy atom. The number of Topliss-reactive ketones (excluding diaryl/α,β-unsaturated/α-hetero) is 1. The number of ketones is 1. The van der Waals surface area contributed by atoms with Crippen molar-refractivity contribution in [3.05, 3.63) is 69.8 Å². The molecule has 0 saturated heterocycles. The summed E-state index contributed by atoms with van der Waals surface area (Å²) in [5, 5.41) is 0. The number of benzene rings is 2. The Kier molecular flexibility index (Phi) is 4.85. The van der Waals surface area contributed by atoms with Crippen LogP contribution in [0.2, 0.25) is 0 Å². The lowest BCUT2D eigenvalue weighted by atomic mass is 9.84. The van der Waals surface area contributed by atoms with Gasteiger partial charge < -0.3 is 0 Å². The Morgan fingerprint density at radius 3 is 1.36 bits per heavy atom. The number of carbonyl (C=O) groups is 1. The van der Waals surface area contributed by atoms with E-state index in [2.05, 4.69) is 64.1 Å². The van der Waals surface area contributed by atoms with Crippen LogP contribution in [-0.2, 0) is 4.79 Å². The maximum atomic E-state index is 12.8. The molecule has 22 heavy (non-hydrogen) atoms. The van der Waals surface area contributed by atoms with Crippen molar-refractivity contribution in [1.82, 2.24) is 0 Å². The summed E-state index contributed by atoms with van der Waals surface area (Å²) in [7, 11) is 0. The first-order valence-electron chi connectivity index (χ1n) is 7.99. The molecule has 0 aliphatic heterocycles. The normalized spacial score (nSPS) is 13.7. The van der Waals surface area contributed by atoms with E-state index in [9.17, 15) is 4.79 Å². The van der Waals surface area contributed by atoms with Crippen LogP contribution in [0.3, 0.4) is 0 Å². The Hall–Kier alpha value is -1.89. The fraction of sp³-hybridized carbons (Fsp3) is 0.381. The minimum absolute atomic E-state index is 0.0732. The SMILES string of the molecule is Cc1ccc(C(C)C(=O)C(C)c2ccc(C)c(C)c2)cc1C. The Bertz CT molecular complexity index is 638. The van der Waals surface area contributed by atoms with Gasteiger partial charge in [0, 0.05) is 11.8 Å². The van der Waals surface area contributed by atoms with Crippen LogP contribution in [0.1, 0.15) is 59.1 Å². The van der Waals surface area contributed by atoms with Crippen LogP contribution < -0.4 is 0 Å². The Balaban J connectivity index is 2.25. The van der Waals surface area contributed by atoms with E-state index < -0.39 is 0 Å². The fourth-order valence-electron chi connectivity index (χ4n) is 2.77. The molecule has 0 bridgehead atoms. The summed E-state index contributed by atoms with van der Waals surface area (Å²) in [4.78, 5) is 12.8. The largest absolute Gasteiger partial charge is 0.298 e. The van der Waals surface area contributed by atoms with E-state index in [0.717, 1.165) is 11.1 Å². The van der Waals surface area contributed by atoms with Crippen LogP contribution in [0.5, 0.6) is 0 Å². The molecule has 0 spiro atoms. The maximum Gasteiger partial charge on any atom is 0.147 e. The van der Waals surface area contributed by atoms with Gasteiger partial charge in [0.25, 0.3) is 0 Å². The molecule has 116 valence electrons. The second-order valence-corrected chi connectivity index (χ2v) is 6.53. The minimum atomic E-state index is -0.0732. The number of rotatable bonds is 4. The highest BCUT2D eigenvalue weighted by Gasteiger charge is 2.23. The molecular weight excluding hydrogens is 268 g/mol. The Morgan fingerprint density at radius 2 is 1.05 bits per heavy atom. The van der Waals surface area contributed by atoms with Crippen LogP contribution >= 0.6 is 0 Å². The predicted octanol–water partition coefficient (Wildman–Crippen LogP) is 5.40. The summed E-state index contributed by atoms with van der Waals surface area (Å²) in [5.74, 6) is 0.137. The van der Waals surface area contributed by atoms with E-state index in [-0.39, 0.29) is 17.6 Å². The molecule has 0 aliphatic rings. The van der Waals surface area contributed by atoms with Crippen LogP contribution in [0.15, 0.2) is 36.4 Å². The van der Waals surface area contributed by atoms with Gasteiger partial charge in [-0.05, 0) is 61.1 Å². The summed E-state index contributed by atoms with van der Waals surface area (Å²) in [5.41, 5.74) is 7.26. The van der Waals surface area contributed by atoms with Crippen molar-refractivity contribution in [2.45, 2.75) is 53.4 Å². The van der Waals surface area contributed by atoms with Gasteiger partial charge in [-0.2, -0.15) is 0 Å². The molecule has 0 saturated carbocycles. The third-order valence-corrected chi connectivity index (χ3v) is 4.92. The molecule has 2 aromatic carbocycles. The summed E-state index contributed by atoms with van der Waals surface area (Å²) in [6.45, 7) is 12.4. The van der Waals surface area contributed by atoms with Crippen LogP contribution in [-0.4, -0.2) is 5.78 Å². The number of hydrogen-bond acceptors (Lipinski definition) is 1. The van der Waals surface area contributed by atoms with Crippen molar-refractivity contribution in [2.24, 2.45) is 0 Å². The molecule has 0 heterocycles. The Labute approximate surface area is 134 Å². The standard InChI is InChI=1S/C21H26O/c1-13-7-9-19(11-15(13)3)17(5)21(22)18(6)20-10-8-14(2)16(4)12-20/h7-12,17-18H,1-6H3. The average Bonchev–Trinajstić information content (AvgIpc) is 2.50. The zero-order valence-electron chi connectivity index (χ0n) is 14.5. The van der Waals surface area contributed by atoms with Crippen molar-refractivity contribution in [3.8, 4) is 0 Å². The molecule has 2 atom stereocenters. The molecule has 0 aromatic heterocycles. The lowest BCUT2D eigenvalue weighted by molar-refractivity contribution is -0.121. The lowest BCUT2D eigenvalue weighted by Crippen LogP contribution is -2.17. The van der Waals surface area contributed by atoms with Crippen molar-refractivity contribution in [2.75, 3.05) is 0 Å². The van der Waals surface area contributed by atoms with E-state index in [4.69, 9.17) is 0 Å². The van der Waals surface area contributed by atoms with E-state index in [1.165, 1.54) is 22.3 Å². The summed E-state index contributed by atoms with van der Waals surface area (Å²) in [6.07, 6.45) is 0. The smallest absolute Gasteiger partial charge is 0.147 e. The van der Waals surface area contributed by atoms with Crippen molar-refractivity contribution in [3.63, 3.8) is 0 Å². The van der Waals surface area contributed by atoms with E-state index >= 15 is 0 Å². The predicted molar refractivity (Wildman–Crippen MR) is 93.7 cm³/mol. The first-order valence-corrected chi connectivity index (χ1v) is 7.99. The third kappa shape index (κ3) is 3.30. The van der Waals surface area contributed by atoms with Gasteiger partial charge in [0.2, 0.25) is 0 Å². The van der Waals surface area contributed by atoms with Gasteiger partial charge in [0.05, 0.1) is 0 Å². The lowest BCUT2D eigenvalue weighted by Gasteiger charge is -2.18.